The van der Waals surface area contributed by atoms with Gasteiger partial charge in [0.2, 0.25) is 11.8 Å². The van der Waals surface area contributed by atoms with Crippen LogP contribution in [0.15, 0.2) is 84.9 Å². The van der Waals surface area contributed by atoms with Crippen LogP contribution in [0.25, 0.3) is 22.2 Å². The Balaban J connectivity index is 1.06. The summed E-state index contributed by atoms with van der Waals surface area (Å²) in [6, 6.07) is 21.1. The van der Waals surface area contributed by atoms with Crippen molar-refractivity contribution in [2.24, 2.45) is 35.5 Å². The molecule has 3 aromatic carbocycles. The lowest BCUT2D eigenvalue weighted by Crippen LogP contribution is -2.40. The molecule has 6 unspecified atom stereocenters. The molecule has 224 valence electrons. The summed E-state index contributed by atoms with van der Waals surface area (Å²) in [6.07, 6.45) is 5.46. The van der Waals surface area contributed by atoms with Crippen molar-refractivity contribution in [1.82, 2.24) is 4.98 Å². The Kier molecular flexibility index (Phi) is 6.24. The molecule has 5 aliphatic rings. The monoisotopic (exact) mass is 598 g/mol. The number of ketones is 1. The van der Waals surface area contributed by atoms with Crippen LogP contribution in [0.4, 0.5) is 5.69 Å². The van der Waals surface area contributed by atoms with Gasteiger partial charge in [0.25, 0.3) is 0 Å². The number of pyridine rings is 1. The van der Waals surface area contributed by atoms with Gasteiger partial charge in [0.1, 0.15) is 5.75 Å². The molecule has 1 saturated heterocycles. The molecular formula is C37H30N2O6. The number of carbonyl (C=O) groups is 4. The number of methoxy groups -OCH3 is 1. The molecule has 6 atom stereocenters. The van der Waals surface area contributed by atoms with Crippen LogP contribution in [-0.2, 0) is 14.3 Å². The van der Waals surface area contributed by atoms with Crippen molar-refractivity contribution in [1.29, 1.82) is 0 Å². The zero-order valence-corrected chi connectivity index (χ0v) is 24.8. The van der Waals surface area contributed by atoms with Crippen LogP contribution >= 0.6 is 0 Å². The normalized spacial score (nSPS) is 25.7. The zero-order valence-electron chi connectivity index (χ0n) is 24.8. The number of benzene rings is 3. The van der Waals surface area contributed by atoms with Crippen molar-refractivity contribution in [3.8, 4) is 17.0 Å². The summed E-state index contributed by atoms with van der Waals surface area (Å²) in [7, 11) is 1.52. The van der Waals surface area contributed by atoms with E-state index >= 15 is 0 Å². The summed E-state index contributed by atoms with van der Waals surface area (Å²) < 4.78 is 10.7. The lowest BCUT2D eigenvalue weighted by atomic mass is 9.63. The number of allylic oxidation sites excluding steroid dienone is 2. The minimum Gasteiger partial charge on any atom is -0.497 e. The van der Waals surface area contributed by atoms with E-state index in [1.807, 2.05) is 37.3 Å². The number of ether oxygens (including phenoxy) is 2. The summed E-state index contributed by atoms with van der Waals surface area (Å²) in [5, 5.41) is 0.617. The zero-order chi connectivity index (χ0) is 31.0. The van der Waals surface area contributed by atoms with E-state index in [0.717, 1.165) is 12.0 Å². The molecule has 9 rings (SSSR count). The summed E-state index contributed by atoms with van der Waals surface area (Å²) >= 11 is 0. The number of nitrogens with zero attached hydrogens (tertiary/aromatic N) is 2. The molecule has 8 heteroatoms. The van der Waals surface area contributed by atoms with Crippen LogP contribution in [0.2, 0.25) is 0 Å². The predicted molar refractivity (Wildman–Crippen MR) is 167 cm³/mol. The Morgan fingerprint density at radius 2 is 1.60 bits per heavy atom. The molecule has 1 aromatic heterocycles. The summed E-state index contributed by atoms with van der Waals surface area (Å²) in [5.74, 6) is 0.254. The van der Waals surface area contributed by atoms with Crippen molar-refractivity contribution in [3.63, 3.8) is 0 Å². The number of aromatic nitrogens is 1. The van der Waals surface area contributed by atoms with E-state index in [-0.39, 0.29) is 46.8 Å². The van der Waals surface area contributed by atoms with E-state index in [9.17, 15) is 19.2 Å². The van der Waals surface area contributed by atoms with E-state index in [1.165, 1.54) is 12.0 Å². The second-order valence-corrected chi connectivity index (χ2v) is 12.5. The Morgan fingerprint density at radius 3 is 2.29 bits per heavy atom. The highest BCUT2D eigenvalue weighted by Gasteiger charge is 2.67. The highest BCUT2D eigenvalue weighted by Crippen LogP contribution is 2.65. The molecule has 4 aromatic rings. The molecule has 0 radical (unpaired) electrons. The van der Waals surface area contributed by atoms with Gasteiger partial charge in [-0.1, -0.05) is 48.0 Å². The first-order chi connectivity index (χ1) is 21.8. The number of aryl methyl sites for hydroxylation is 1. The van der Waals surface area contributed by atoms with Gasteiger partial charge in [-0.15, -0.1) is 0 Å². The topological polar surface area (TPSA) is 103 Å². The van der Waals surface area contributed by atoms with Crippen LogP contribution in [-0.4, -0.2) is 42.3 Å². The predicted octanol–water partition coefficient (Wildman–Crippen LogP) is 5.82. The maximum Gasteiger partial charge on any atom is 0.339 e. The van der Waals surface area contributed by atoms with Crippen LogP contribution < -0.4 is 9.64 Å². The molecule has 0 N–H and O–H groups in total. The first-order valence-corrected chi connectivity index (χ1v) is 15.2. The van der Waals surface area contributed by atoms with Gasteiger partial charge in [-0.2, -0.15) is 0 Å². The van der Waals surface area contributed by atoms with Crippen LogP contribution in [0.1, 0.15) is 32.7 Å². The number of anilines is 1. The number of imide groups is 1. The van der Waals surface area contributed by atoms with Crippen molar-refractivity contribution in [2.45, 2.75) is 13.3 Å². The van der Waals surface area contributed by atoms with E-state index in [1.54, 1.807) is 42.5 Å². The van der Waals surface area contributed by atoms with Crippen molar-refractivity contribution in [2.75, 3.05) is 18.6 Å². The number of hydrogen-bond donors (Lipinski definition) is 0. The second-order valence-electron chi connectivity index (χ2n) is 12.5. The fraction of sp³-hybridized carbons (Fsp3) is 0.270. The number of esters is 1. The maximum atomic E-state index is 13.6. The van der Waals surface area contributed by atoms with Crippen molar-refractivity contribution >= 4 is 40.2 Å². The lowest BCUT2D eigenvalue weighted by Gasteiger charge is -2.37. The number of Topliss-reactive ketones (excluding diaryl/α,β-unsaturated/α-hetero) is 1. The molecule has 4 aliphatic carbocycles. The van der Waals surface area contributed by atoms with E-state index in [2.05, 4.69) is 12.2 Å². The van der Waals surface area contributed by atoms with Gasteiger partial charge in [-0.3, -0.25) is 19.3 Å². The average Bonchev–Trinajstić information content (AvgIpc) is 3.85. The average molecular weight is 599 g/mol. The van der Waals surface area contributed by atoms with Crippen LogP contribution in [0, 0.1) is 42.4 Å². The molecule has 0 spiro atoms. The molecule has 3 fully saturated rings. The van der Waals surface area contributed by atoms with E-state index in [4.69, 9.17) is 14.5 Å². The molecule has 2 amide bonds. The van der Waals surface area contributed by atoms with Gasteiger partial charge in [0.15, 0.2) is 12.4 Å². The third-order valence-corrected chi connectivity index (χ3v) is 9.99. The minimum absolute atomic E-state index is 0.102. The third-order valence-electron chi connectivity index (χ3n) is 9.99. The van der Waals surface area contributed by atoms with Gasteiger partial charge >= 0.3 is 5.97 Å². The van der Waals surface area contributed by atoms with Crippen LogP contribution in [0.3, 0.4) is 0 Å². The minimum atomic E-state index is -0.640. The molecule has 45 heavy (non-hydrogen) atoms. The van der Waals surface area contributed by atoms with E-state index < -0.39 is 12.6 Å². The Labute approximate surface area is 259 Å². The Morgan fingerprint density at radius 1 is 0.889 bits per heavy atom. The fourth-order valence-corrected chi connectivity index (χ4v) is 7.74. The number of fused-ring (bicyclic) bond motifs is 1. The van der Waals surface area contributed by atoms with Gasteiger partial charge in [0.05, 0.1) is 41.4 Å². The highest BCUT2D eigenvalue weighted by molar-refractivity contribution is 6.22. The molecule has 2 saturated carbocycles. The third kappa shape index (κ3) is 4.38. The summed E-state index contributed by atoms with van der Waals surface area (Å²) in [6.45, 7) is 1.50. The summed E-state index contributed by atoms with van der Waals surface area (Å²) in [4.78, 5) is 59.5. The standard InChI is InChI=1S/C37H30N2O6/c1-19-6-13-30-28(14-19)29(37(43)45-18-32(40)21-4-3-5-23(15-21)44-2)17-31(38-30)20-7-9-22(10-8-20)39-35(41)33-24-11-12-25(27-16-26(24)27)34(33)36(39)42/h3-15,17,24-27,33-34H,16,18H2,1-2H3. The largest absolute Gasteiger partial charge is 0.497 e. The molecule has 2 bridgehead atoms. The lowest BCUT2D eigenvalue weighted by molar-refractivity contribution is -0.124. The quantitative estimate of drug-likeness (QED) is 0.114. The summed E-state index contributed by atoms with van der Waals surface area (Å²) in [5.41, 5.74) is 4.00. The van der Waals surface area contributed by atoms with Gasteiger partial charge in [-0.05, 0) is 79.5 Å². The van der Waals surface area contributed by atoms with E-state index in [0.29, 0.717) is 51.0 Å². The maximum absolute atomic E-state index is 13.6. The number of amides is 2. The molecule has 8 nitrogen and oxygen atoms in total. The highest BCUT2D eigenvalue weighted by atomic mass is 16.5. The number of rotatable bonds is 7. The molecule has 1 aliphatic heterocycles. The first-order valence-electron chi connectivity index (χ1n) is 15.2. The number of carbonyl (C=O) groups excluding carboxylic acids is 4. The van der Waals surface area contributed by atoms with Gasteiger partial charge < -0.3 is 9.47 Å². The van der Waals surface area contributed by atoms with Crippen molar-refractivity contribution in [3.05, 3.63) is 102 Å². The first kappa shape index (κ1) is 27.4. The second kappa shape index (κ2) is 10.2. The van der Waals surface area contributed by atoms with Crippen molar-refractivity contribution < 1.29 is 28.7 Å². The molecule has 2 heterocycles. The SMILES string of the molecule is COc1cccc(C(=O)COC(=O)c2cc(-c3ccc(N4C(=O)C5C6C=CC(C7CC67)C5C4=O)cc3)nc3ccc(C)cc23)c1. The fourth-order valence-electron chi connectivity index (χ4n) is 7.74. The van der Waals surface area contributed by atoms with Crippen LogP contribution in [0.5, 0.6) is 5.75 Å². The molecular weight excluding hydrogens is 568 g/mol. The number of hydrogen-bond acceptors (Lipinski definition) is 7. The van der Waals surface area contributed by atoms with Gasteiger partial charge in [0, 0.05) is 16.5 Å². The Bertz CT molecular complexity index is 1930. The Hall–Kier alpha value is -5.11. The van der Waals surface area contributed by atoms with Gasteiger partial charge in [-0.25, -0.2) is 9.78 Å². The smallest absolute Gasteiger partial charge is 0.339 e.